The first-order chi connectivity index (χ1) is 9.11. The lowest BCUT2D eigenvalue weighted by atomic mass is 10.2. The highest BCUT2D eigenvalue weighted by atomic mass is 32.1. The molecule has 5 heteroatoms. The fraction of sp³-hybridized carbons (Fsp3) is 0.286. The van der Waals surface area contributed by atoms with Crippen molar-refractivity contribution in [2.45, 2.75) is 20.4 Å². The molecule has 0 radical (unpaired) electrons. The molecule has 0 aliphatic heterocycles. The van der Waals surface area contributed by atoms with Gasteiger partial charge in [0.2, 0.25) is 0 Å². The topological polar surface area (TPSA) is 41.9 Å². The maximum absolute atomic E-state index is 5.14. The van der Waals surface area contributed by atoms with Gasteiger partial charge >= 0.3 is 0 Å². The molecule has 1 aromatic heterocycles. The first kappa shape index (κ1) is 13.5. The Kier molecular flexibility index (Phi) is 4.16. The van der Waals surface area contributed by atoms with E-state index in [4.69, 9.17) is 12.2 Å². The number of hydrogen-bond acceptors (Lipinski definition) is 2. The zero-order valence-corrected chi connectivity index (χ0v) is 12.2. The molecule has 0 saturated carbocycles. The number of aryl methyl sites for hydroxylation is 1. The predicted molar refractivity (Wildman–Crippen MR) is 82.5 cm³/mol. The minimum absolute atomic E-state index is 0.602. The SMILES string of the molecule is CNC(=S)Nc1c(C)nn(Cc2ccccc2)c1C. The molecule has 0 fully saturated rings. The summed E-state index contributed by atoms with van der Waals surface area (Å²) in [5, 5.41) is 11.2. The molecule has 0 amide bonds. The van der Waals surface area contributed by atoms with Crippen LogP contribution in [0.5, 0.6) is 0 Å². The van der Waals surface area contributed by atoms with E-state index in [2.05, 4.69) is 27.9 Å². The average molecular weight is 274 g/mol. The minimum atomic E-state index is 0.602. The van der Waals surface area contributed by atoms with Crippen LogP contribution in [0.3, 0.4) is 0 Å². The monoisotopic (exact) mass is 274 g/mol. The van der Waals surface area contributed by atoms with Crippen molar-refractivity contribution in [1.29, 1.82) is 0 Å². The highest BCUT2D eigenvalue weighted by molar-refractivity contribution is 7.80. The van der Waals surface area contributed by atoms with E-state index in [1.165, 1.54) is 5.56 Å². The van der Waals surface area contributed by atoms with Crippen molar-refractivity contribution in [2.24, 2.45) is 0 Å². The minimum Gasteiger partial charge on any atom is -0.366 e. The maximum atomic E-state index is 5.14. The van der Waals surface area contributed by atoms with Crippen molar-refractivity contribution in [2.75, 3.05) is 12.4 Å². The van der Waals surface area contributed by atoms with Crippen LogP contribution in [0.2, 0.25) is 0 Å². The van der Waals surface area contributed by atoms with E-state index in [1.54, 1.807) is 7.05 Å². The summed E-state index contributed by atoms with van der Waals surface area (Å²) < 4.78 is 1.99. The third-order valence-electron chi connectivity index (χ3n) is 3.02. The molecule has 0 unspecified atom stereocenters. The van der Waals surface area contributed by atoms with Gasteiger partial charge in [0.05, 0.1) is 23.6 Å². The van der Waals surface area contributed by atoms with Crippen molar-refractivity contribution < 1.29 is 0 Å². The summed E-state index contributed by atoms with van der Waals surface area (Å²) in [4.78, 5) is 0. The number of hydrogen-bond donors (Lipinski definition) is 2. The van der Waals surface area contributed by atoms with Gasteiger partial charge in [-0.15, -0.1) is 0 Å². The summed E-state index contributed by atoms with van der Waals surface area (Å²) in [6.07, 6.45) is 0. The van der Waals surface area contributed by atoms with Gasteiger partial charge in [0.1, 0.15) is 0 Å². The second-order valence-electron chi connectivity index (χ2n) is 4.39. The van der Waals surface area contributed by atoms with Crippen molar-refractivity contribution in [1.82, 2.24) is 15.1 Å². The Morgan fingerprint density at radius 2 is 1.95 bits per heavy atom. The molecular weight excluding hydrogens is 256 g/mol. The molecular formula is C14H18N4S. The number of anilines is 1. The molecule has 0 aliphatic carbocycles. The third-order valence-corrected chi connectivity index (χ3v) is 3.33. The molecule has 19 heavy (non-hydrogen) atoms. The van der Waals surface area contributed by atoms with Gasteiger partial charge in [-0.25, -0.2) is 0 Å². The van der Waals surface area contributed by atoms with Crippen LogP contribution >= 0.6 is 12.2 Å². The zero-order chi connectivity index (χ0) is 13.8. The van der Waals surface area contributed by atoms with Crippen molar-refractivity contribution in [3.8, 4) is 0 Å². The standard InChI is InChI=1S/C14H18N4S/c1-10-13(16-14(19)15-3)11(2)18(17-10)9-12-7-5-4-6-8-12/h4-8H,9H2,1-3H3,(H2,15,16,19). The smallest absolute Gasteiger partial charge is 0.170 e. The molecule has 100 valence electrons. The quantitative estimate of drug-likeness (QED) is 0.844. The Morgan fingerprint density at radius 1 is 1.26 bits per heavy atom. The normalized spacial score (nSPS) is 10.3. The van der Waals surface area contributed by atoms with Crippen LogP contribution in [-0.4, -0.2) is 21.9 Å². The first-order valence-corrected chi connectivity index (χ1v) is 6.59. The largest absolute Gasteiger partial charge is 0.366 e. The van der Waals surface area contributed by atoms with Gasteiger partial charge in [-0.2, -0.15) is 5.10 Å². The summed E-state index contributed by atoms with van der Waals surface area (Å²) in [6, 6.07) is 10.3. The van der Waals surface area contributed by atoms with Crippen molar-refractivity contribution in [3.63, 3.8) is 0 Å². The summed E-state index contributed by atoms with van der Waals surface area (Å²) in [5.41, 5.74) is 4.25. The van der Waals surface area contributed by atoms with Gasteiger partial charge < -0.3 is 10.6 Å². The second kappa shape index (κ2) is 5.84. The molecule has 2 aromatic rings. The highest BCUT2D eigenvalue weighted by Crippen LogP contribution is 2.20. The molecule has 1 heterocycles. The average Bonchev–Trinajstić information content (AvgIpc) is 2.67. The Morgan fingerprint density at radius 3 is 2.58 bits per heavy atom. The maximum Gasteiger partial charge on any atom is 0.170 e. The highest BCUT2D eigenvalue weighted by Gasteiger charge is 2.12. The van der Waals surface area contributed by atoms with Crippen LogP contribution in [0.4, 0.5) is 5.69 Å². The second-order valence-corrected chi connectivity index (χ2v) is 4.80. The Bertz CT molecular complexity index is 575. The van der Waals surface area contributed by atoms with Crippen molar-refractivity contribution in [3.05, 3.63) is 47.3 Å². The van der Waals surface area contributed by atoms with E-state index >= 15 is 0 Å². The predicted octanol–water partition coefficient (Wildman–Crippen LogP) is 2.46. The molecule has 2 N–H and O–H groups in total. The molecule has 4 nitrogen and oxygen atoms in total. The van der Waals surface area contributed by atoms with Gasteiger partial charge in [0.15, 0.2) is 5.11 Å². The van der Waals surface area contributed by atoms with Crippen LogP contribution in [-0.2, 0) is 6.54 Å². The Labute approximate surface area is 118 Å². The molecule has 1 aromatic carbocycles. The van der Waals surface area contributed by atoms with Gasteiger partial charge in [-0.05, 0) is 31.6 Å². The van der Waals surface area contributed by atoms with Crippen LogP contribution in [0, 0.1) is 13.8 Å². The Hall–Kier alpha value is -1.88. The molecule has 0 saturated heterocycles. The first-order valence-electron chi connectivity index (χ1n) is 6.18. The summed E-state index contributed by atoms with van der Waals surface area (Å²) in [5.74, 6) is 0. The van der Waals surface area contributed by atoms with Crippen LogP contribution in [0.1, 0.15) is 17.0 Å². The summed E-state index contributed by atoms with van der Waals surface area (Å²) in [6.45, 7) is 4.79. The van der Waals surface area contributed by atoms with Gasteiger partial charge in [-0.1, -0.05) is 30.3 Å². The van der Waals surface area contributed by atoms with E-state index < -0.39 is 0 Å². The molecule has 0 atom stereocenters. The number of thiocarbonyl (C=S) groups is 1. The van der Waals surface area contributed by atoms with E-state index in [0.717, 1.165) is 23.6 Å². The van der Waals surface area contributed by atoms with E-state index in [9.17, 15) is 0 Å². The Balaban J connectivity index is 2.24. The fourth-order valence-electron chi connectivity index (χ4n) is 1.96. The molecule has 0 aliphatic rings. The van der Waals surface area contributed by atoms with Gasteiger partial charge in [0, 0.05) is 7.05 Å². The number of nitrogens with zero attached hydrogens (tertiary/aromatic N) is 2. The number of rotatable bonds is 3. The third kappa shape index (κ3) is 3.12. The summed E-state index contributed by atoms with van der Waals surface area (Å²) in [7, 11) is 1.80. The number of nitrogens with one attached hydrogen (secondary N) is 2. The van der Waals surface area contributed by atoms with Crippen molar-refractivity contribution >= 4 is 23.0 Å². The van der Waals surface area contributed by atoms with E-state index in [1.807, 2.05) is 36.7 Å². The van der Waals surface area contributed by atoms with E-state index in [-0.39, 0.29) is 0 Å². The molecule has 0 spiro atoms. The van der Waals surface area contributed by atoms with Crippen LogP contribution in [0.15, 0.2) is 30.3 Å². The number of benzene rings is 1. The summed E-state index contributed by atoms with van der Waals surface area (Å²) >= 11 is 5.14. The van der Waals surface area contributed by atoms with Crippen LogP contribution < -0.4 is 10.6 Å². The lowest BCUT2D eigenvalue weighted by molar-refractivity contribution is 0.659. The molecule has 0 bridgehead atoms. The van der Waals surface area contributed by atoms with Gasteiger partial charge in [0.25, 0.3) is 0 Å². The van der Waals surface area contributed by atoms with Crippen LogP contribution in [0.25, 0.3) is 0 Å². The molecule has 2 rings (SSSR count). The zero-order valence-electron chi connectivity index (χ0n) is 11.4. The number of aromatic nitrogens is 2. The van der Waals surface area contributed by atoms with Gasteiger partial charge in [-0.3, -0.25) is 4.68 Å². The lowest BCUT2D eigenvalue weighted by Gasteiger charge is -2.08. The lowest BCUT2D eigenvalue weighted by Crippen LogP contribution is -2.24. The van der Waals surface area contributed by atoms with E-state index in [0.29, 0.717) is 5.11 Å². The fourth-order valence-corrected chi connectivity index (χ4v) is 2.07.